The first-order valence-corrected chi connectivity index (χ1v) is 5.07. The Bertz CT molecular complexity index is 254. The minimum absolute atomic E-state index is 0.339. The van der Waals surface area contributed by atoms with Gasteiger partial charge in [-0.3, -0.25) is 4.98 Å². The summed E-state index contributed by atoms with van der Waals surface area (Å²) in [6.45, 7) is 4.79. The Kier molecular flexibility index (Phi) is 4.40. The highest BCUT2D eigenvalue weighted by Gasteiger charge is 2.07. The zero-order valence-corrected chi connectivity index (χ0v) is 9.08. The smallest absolute Gasteiger partial charge is 0.137 e. The molecule has 14 heavy (non-hydrogen) atoms. The molecule has 0 amide bonds. The van der Waals surface area contributed by atoms with E-state index in [9.17, 15) is 0 Å². The van der Waals surface area contributed by atoms with Crippen LogP contribution < -0.4 is 10.1 Å². The van der Waals surface area contributed by atoms with E-state index in [1.807, 2.05) is 26.1 Å². The molecule has 1 unspecified atom stereocenters. The van der Waals surface area contributed by atoms with Gasteiger partial charge in [-0.25, -0.2) is 0 Å². The van der Waals surface area contributed by atoms with Crippen LogP contribution in [0.2, 0.25) is 0 Å². The lowest BCUT2D eigenvalue weighted by molar-refractivity contribution is 0.338. The maximum atomic E-state index is 5.32. The fourth-order valence-electron chi connectivity index (χ4n) is 1.41. The Hall–Kier alpha value is -1.09. The molecule has 0 aliphatic carbocycles. The van der Waals surface area contributed by atoms with Gasteiger partial charge in [0.2, 0.25) is 0 Å². The first kappa shape index (κ1) is 11.0. The first-order valence-electron chi connectivity index (χ1n) is 5.07. The Morgan fingerprint density at radius 1 is 1.43 bits per heavy atom. The van der Waals surface area contributed by atoms with Crippen LogP contribution >= 0.6 is 0 Å². The summed E-state index contributed by atoms with van der Waals surface area (Å²) in [7, 11) is 1.95. The molecule has 1 rings (SSSR count). The molecular formula is C11H18N2O. The zero-order chi connectivity index (χ0) is 10.4. The minimum atomic E-state index is 0.339. The normalized spacial score (nSPS) is 12.5. The van der Waals surface area contributed by atoms with E-state index in [0.29, 0.717) is 12.6 Å². The number of pyridine rings is 1. The predicted molar refractivity (Wildman–Crippen MR) is 57.5 cm³/mol. The molecule has 78 valence electrons. The maximum absolute atomic E-state index is 5.32. The lowest BCUT2D eigenvalue weighted by Crippen LogP contribution is -2.16. The van der Waals surface area contributed by atoms with Crippen molar-refractivity contribution in [2.75, 3.05) is 13.7 Å². The number of hydrogen-bond acceptors (Lipinski definition) is 3. The number of aromatic nitrogens is 1. The SMILES string of the molecule is CCOc1ccc(C(CC)NC)nc1. The predicted octanol–water partition coefficient (Wildman–Crippen LogP) is 2.15. The second kappa shape index (κ2) is 5.60. The van der Waals surface area contributed by atoms with Crippen LogP contribution in [0.15, 0.2) is 18.3 Å². The molecule has 0 saturated carbocycles. The summed E-state index contributed by atoms with van der Waals surface area (Å²) < 4.78 is 5.32. The van der Waals surface area contributed by atoms with Gasteiger partial charge in [0.05, 0.1) is 18.5 Å². The van der Waals surface area contributed by atoms with Crippen LogP contribution in [0.25, 0.3) is 0 Å². The summed E-state index contributed by atoms with van der Waals surface area (Å²) in [4.78, 5) is 4.35. The Labute approximate surface area is 85.5 Å². The number of nitrogens with zero attached hydrogens (tertiary/aromatic N) is 1. The van der Waals surface area contributed by atoms with Crippen LogP contribution in [-0.4, -0.2) is 18.6 Å². The Morgan fingerprint density at radius 2 is 2.21 bits per heavy atom. The number of nitrogens with one attached hydrogen (secondary N) is 1. The van der Waals surface area contributed by atoms with Crippen molar-refractivity contribution < 1.29 is 4.74 Å². The van der Waals surface area contributed by atoms with Crippen molar-refractivity contribution in [3.63, 3.8) is 0 Å². The van der Waals surface area contributed by atoms with Crippen molar-refractivity contribution in [3.05, 3.63) is 24.0 Å². The second-order valence-electron chi connectivity index (χ2n) is 3.10. The summed E-state index contributed by atoms with van der Waals surface area (Å²) in [5, 5.41) is 3.22. The topological polar surface area (TPSA) is 34.1 Å². The Morgan fingerprint density at radius 3 is 2.64 bits per heavy atom. The van der Waals surface area contributed by atoms with Gasteiger partial charge in [0, 0.05) is 6.04 Å². The first-order chi connectivity index (χ1) is 6.81. The molecule has 0 saturated heterocycles. The third-order valence-corrected chi connectivity index (χ3v) is 2.18. The summed E-state index contributed by atoms with van der Waals surface area (Å²) in [6, 6.07) is 4.31. The molecule has 1 heterocycles. The molecule has 1 N–H and O–H groups in total. The molecule has 3 nitrogen and oxygen atoms in total. The van der Waals surface area contributed by atoms with E-state index in [4.69, 9.17) is 4.74 Å². The third-order valence-electron chi connectivity index (χ3n) is 2.18. The van der Waals surface area contributed by atoms with Crippen molar-refractivity contribution in [1.82, 2.24) is 10.3 Å². The molecule has 0 radical (unpaired) electrons. The average molecular weight is 194 g/mol. The van der Waals surface area contributed by atoms with Crippen LogP contribution in [0.5, 0.6) is 5.75 Å². The van der Waals surface area contributed by atoms with Crippen molar-refractivity contribution in [2.45, 2.75) is 26.3 Å². The van der Waals surface area contributed by atoms with Gasteiger partial charge >= 0.3 is 0 Å². The van der Waals surface area contributed by atoms with E-state index in [2.05, 4.69) is 17.2 Å². The molecule has 0 aliphatic rings. The van der Waals surface area contributed by atoms with Gasteiger partial charge < -0.3 is 10.1 Å². The molecule has 1 aromatic rings. The van der Waals surface area contributed by atoms with Crippen LogP contribution in [0, 0.1) is 0 Å². The van der Waals surface area contributed by atoms with E-state index >= 15 is 0 Å². The van der Waals surface area contributed by atoms with Crippen LogP contribution in [0.4, 0.5) is 0 Å². The van der Waals surface area contributed by atoms with E-state index in [0.717, 1.165) is 17.9 Å². The largest absolute Gasteiger partial charge is 0.492 e. The third kappa shape index (κ3) is 2.70. The van der Waals surface area contributed by atoms with Crippen molar-refractivity contribution in [1.29, 1.82) is 0 Å². The van der Waals surface area contributed by atoms with E-state index in [1.165, 1.54) is 0 Å². The van der Waals surface area contributed by atoms with Crippen LogP contribution in [0.3, 0.4) is 0 Å². The summed E-state index contributed by atoms with van der Waals surface area (Å²) in [6.07, 6.45) is 2.82. The van der Waals surface area contributed by atoms with Gasteiger partial charge in [-0.05, 0) is 32.5 Å². The lowest BCUT2D eigenvalue weighted by Gasteiger charge is -2.13. The van der Waals surface area contributed by atoms with Crippen LogP contribution in [0.1, 0.15) is 32.0 Å². The van der Waals surface area contributed by atoms with Gasteiger partial charge in [-0.2, -0.15) is 0 Å². The average Bonchev–Trinajstić information content (AvgIpc) is 2.23. The molecule has 0 aliphatic heterocycles. The number of ether oxygens (including phenoxy) is 1. The van der Waals surface area contributed by atoms with Gasteiger partial charge in [0.1, 0.15) is 5.75 Å². The number of hydrogen-bond donors (Lipinski definition) is 1. The van der Waals surface area contributed by atoms with Crippen molar-refractivity contribution in [2.24, 2.45) is 0 Å². The molecule has 1 atom stereocenters. The lowest BCUT2D eigenvalue weighted by atomic mass is 10.1. The molecule has 0 aromatic carbocycles. The fourth-order valence-corrected chi connectivity index (χ4v) is 1.41. The molecular weight excluding hydrogens is 176 g/mol. The van der Waals surface area contributed by atoms with Gasteiger partial charge in [-0.15, -0.1) is 0 Å². The van der Waals surface area contributed by atoms with E-state index in [-0.39, 0.29) is 0 Å². The van der Waals surface area contributed by atoms with E-state index in [1.54, 1.807) is 6.20 Å². The molecule has 3 heteroatoms. The highest BCUT2D eigenvalue weighted by molar-refractivity contribution is 5.21. The van der Waals surface area contributed by atoms with Crippen LogP contribution in [-0.2, 0) is 0 Å². The molecule has 0 spiro atoms. The summed E-state index contributed by atoms with van der Waals surface area (Å²) in [5.74, 6) is 0.835. The molecule has 1 aromatic heterocycles. The van der Waals surface area contributed by atoms with E-state index < -0.39 is 0 Å². The molecule has 0 fully saturated rings. The minimum Gasteiger partial charge on any atom is -0.492 e. The second-order valence-corrected chi connectivity index (χ2v) is 3.10. The quantitative estimate of drug-likeness (QED) is 0.780. The summed E-state index contributed by atoms with van der Waals surface area (Å²) in [5.41, 5.74) is 1.07. The van der Waals surface area contributed by atoms with Crippen molar-refractivity contribution >= 4 is 0 Å². The fraction of sp³-hybridized carbons (Fsp3) is 0.545. The Balaban J connectivity index is 2.71. The van der Waals surface area contributed by atoms with Gasteiger partial charge in [0.15, 0.2) is 0 Å². The van der Waals surface area contributed by atoms with Gasteiger partial charge in [-0.1, -0.05) is 6.92 Å². The maximum Gasteiger partial charge on any atom is 0.137 e. The highest BCUT2D eigenvalue weighted by atomic mass is 16.5. The monoisotopic (exact) mass is 194 g/mol. The zero-order valence-electron chi connectivity index (χ0n) is 9.08. The standard InChI is InChI=1S/C11H18N2O/c1-4-10(12-3)11-7-6-9(8-13-11)14-5-2/h6-8,10,12H,4-5H2,1-3H3. The van der Waals surface area contributed by atoms with Crippen molar-refractivity contribution in [3.8, 4) is 5.75 Å². The molecule has 0 bridgehead atoms. The number of rotatable bonds is 5. The highest BCUT2D eigenvalue weighted by Crippen LogP contribution is 2.16. The summed E-state index contributed by atoms with van der Waals surface area (Å²) >= 11 is 0. The van der Waals surface area contributed by atoms with Gasteiger partial charge in [0.25, 0.3) is 0 Å².